The standard InChI is InChI=1S/C33H22Cl2F6N4O6/c34-15-3-1-13(2-4-15)31-21(29(49)45(30(31)50)44-26-22(35)9-14(12-42-26)32(36,37)38)11-19-17(6-7-18-24(19)28(48)43-27(18)47)25(31)20-10-16(5-8-23(20)46)51-33(39,40)41/h1-6,8-10,12,18-19,21,24-25,46H,7,11H2,(H,42,44)(H,43,47,48)/t18-,19+,21-,24-,25+,31+/m0/s1. The van der Waals surface area contributed by atoms with Crippen LogP contribution in [0.1, 0.15) is 35.4 Å². The lowest BCUT2D eigenvalue weighted by molar-refractivity contribution is -0.274. The minimum Gasteiger partial charge on any atom is -0.508 e. The number of hydrogen-bond donors (Lipinski definition) is 3. The number of fused-ring (bicyclic) bond motifs is 4. The largest absolute Gasteiger partial charge is 0.573 e. The van der Waals surface area contributed by atoms with Crippen molar-refractivity contribution < 1.29 is 55.4 Å². The zero-order chi connectivity index (χ0) is 36.8. The molecule has 0 spiro atoms. The Bertz CT molecular complexity index is 2040. The number of hydrogen-bond acceptors (Lipinski definition) is 8. The van der Waals surface area contributed by atoms with E-state index in [4.69, 9.17) is 23.2 Å². The summed E-state index contributed by atoms with van der Waals surface area (Å²) < 4.78 is 84.5. The number of phenols is 1. The summed E-state index contributed by atoms with van der Waals surface area (Å²) in [6.45, 7) is 0. The van der Waals surface area contributed by atoms with Gasteiger partial charge in [0.1, 0.15) is 11.5 Å². The van der Waals surface area contributed by atoms with Crippen molar-refractivity contribution in [1.29, 1.82) is 0 Å². The van der Waals surface area contributed by atoms with E-state index >= 15 is 4.79 Å². The third-order valence-corrected chi connectivity index (χ3v) is 10.5. The molecule has 2 aliphatic carbocycles. The first-order valence-corrected chi connectivity index (χ1v) is 15.9. The summed E-state index contributed by atoms with van der Waals surface area (Å²) in [5.41, 5.74) is -0.720. The van der Waals surface area contributed by atoms with Gasteiger partial charge in [0.15, 0.2) is 5.82 Å². The molecular formula is C33H22Cl2F6N4O6. The van der Waals surface area contributed by atoms with Gasteiger partial charge >= 0.3 is 12.5 Å². The Labute approximate surface area is 293 Å². The predicted octanol–water partition coefficient (Wildman–Crippen LogP) is 6.28. The van der Waals surface area contributed by atoms with Crippen LogP contribution in [-0.2, 0) is 30.8 Å². The number of nitrogens with one attached hydrogen (secondary N) is 2. The molecule has 4 amide bonds. The molecule has 18 heteroatoms. The van der Waals surface area contributed by atoms with Crippen molar-refractivity contribution in [3.8, 4) is 11.5 Å². The SMILES string of the molecule is O=C1NC(=O)[C@H]2CC=C3[C@@H](C[C@H]4C(=O)N(Nc5ncc(C(F)(F)F)cc5Cl)C(=O)[C@@]4(c4ccc(Cl)cc4)[C@H]3c3cc(OC(F)(F)F)ccc3O)[C@@H]12. The van der Waals surface area contributed by atoms with E-state index in [0.29, 0.717) is 22.8 Å². The Morgan fingerprint density at radius 2 is 1.67 bits per heavy atom. The number of amides is 4. The Morgan fingerprint density at radius 3 is 2.31 bits per heavy atom. The number of alkyl halides is 6. The van der Waals surface area contributed by atoms with E-state index in [1.165, 1.54) is 24.3 Å². The maximum absolute atomic E-state index is 15.0. The number of carbonyl (C=O) groups is 4. The molecule has 2 aromatic carbocycles. The maximum atomic E-state index is 15.0. The van der Waals surface area contributed by atoms with E-state index in [1.807, 2.05) is 0 Å². The number of ether oxygens (including phenoxy) is 1. The molecule has 0 unspecified atom stereocenters. The molecule has 3 N–H and O–H groups in total. The second kappa shape index (κ2) is 11.9. The first-order chi connectivity index (χ1) is 23.9. The van der Waals surface area contributed by atoms with Crippen LogP contribution in [0.25, 0.3) is 0 Å². The number of benzene rings is 2. The number of aromatic hydroxyl groups is 1. The molecule has 51 heavy (non-hydrogen) atoms. The lowest BCUT2D eigenvalue weighted by Crippen LogP contribution is -2.53. The molecule has 1 aromatic heterocycles. The number of rotatable bonds is 5. The van der Waals surface area contributed by atoms with Gasteiger partial charge in [-0.2, -0.15) is 18.2 Å². The van der Waals surface area contributed by atoms with Crippen LogP contribution in [0.2, 0.25) is 10.0 Å². The zero-order valence-electron chi connectivity index (χ0n) is 25.5. The van der Waals surface area contributed by atoms with Crippen LogP contribution in [0.5, 0.6) is 11.5 Å². The van der Waals surface area contributed by atoms with Gasteiger partial charge in [0.25, 0.3) is 11.8 Å². The van der Waals surface area contributed by atoms with Crippen LogP contribution in [0.15, 0.2) is 66.4 Å². The highest BCUT2D eigenvalue weighted by Crippen LogP contribution is 2.64. The summed E-state index contributed by atoms with van der Waals surface area (Å²) >= 11 is 12.3. The molecular weight excluding hydrogens is 733 g/mol. The van der Waals surface area contributed by atoms with Gasteiger partial charge in [-0.15, -0.1) is 13.2 Å². The zero-order valence-corrected chi connectivity index (χ0v) is 27.0. The van der Waals surface area contributed by atoms with Gasteiger partial charge in [0.05, 0.1) is 33.8 Å². The van der Waals surface area contributed by atoms with E-state index in [0.717, 1.165) is 18.2 Å². The van der Waals surface area contributed by atoms with E-state index in [2.05, 4.69) is 20.5 Å². The van der Waals surface area contributed by atoms with E-state index in [-0.39, 0.29) is 29.0 Å². The molecule has 266 valence electrons. The van der Waals surface area contributed by atoms with Crippen LogP contribution < -0.4 is 15.5 Å². The maximum Gasteiger partial charge on any atom is 0.573 e. The first kappa shape index (κ1) is 34.6. The molecule has 7 rings (SSSR count). The number of halogens is 8. The van der Waals surface area contributed by atoms with Crippen molar-refractivity contribution in [2.45, 2.75) is 36.7 Å². The van der Waals surface area contributed by atoms with Gasteiger partial charge in [-0.1, -0.05) is 47.0 Å². The molecule has 2 aliphatic heterocycles. The number of anilines is 1. The Balaban J connectivity index is 1.46. The minimum absolute atomic E-state index is 0.0133. The fraction of sp³-hybridized carbons (Fsp3) is 0.303. The number of carbonyl (C=O) groups excluding carboxylic acids is 4. The Kier molecular flexibility index (Phi) is 8.05. The van der Waals surface area contributed by atoms with Crippen molar-refractivity contribution in [2.24, 2.45) is 23.7 Å². The van der Waals surface area contributed by atoms with Crippen LogP contribution in [0.3, 0.4) is 0 Å². The van der Waals surface area contributed by atoms with Crippen molar-refractivity contribution in [3.05, 3.63) is 93.1 Å². The fourth-order valence-corrected chi connectivity index (χ4v) is 8.33. The molecule has 3 heterocycles. The third-order valence-electron chi connectivity index (χ3n) is 9.94. The monoisotopic (exact) mass is 754 g/mol. The van der Waals surface area contributed by atoms with Crippen molar-refractivity contribution >= 4 is 52.6 Å². The van der Waals surface area contributed by atoms with Crippen LogP contribution in [-0.4, -0.2) is 45.1 Å². The first-order valence-electron chi connectivity index (χ1n) is 15.2. The number of aromatic nitrogens is 1. The van der Waals surface area contributed by atoms with Gasteiger partial charge < -0.3 is 9.84 Å². The fourth-order valence-electron chi connectivity index (χ4n) is 8.00. The van der Waals surface area contributed by atoms with Crippen LogP contribution >= 0.6 is 23.2 Å². The van der Waals surface area contributed by atoms with E-state index in [1.54, 1.807) is 6.08 Å². The van der Waals surface area contributed by atoms with E-state index < -0.39 is 99.1 Å². The van der Waals surface area contributed by atoms with Gasteiger partial charge in [-0.25, -0.2) is 4.98 Å². The van der Waals surface area contributed by atoms with Crippen LogP contribution in [0.4, 0.5) is 32.2 Å². The molecule has 0 radical (unpaired) electrons. The number of nitrogens with zero attached hydrogens (tertiary/aromatic N) is 2. The smallest absolute Gasteiger partial charge is 0.508 e. The number of imide groups is 2. The highest BCUT2D eigenvalue weighted by molar-refractivity contribution is 6.33. The summed E-state index contributed by atoms with van der Waals surface area (Å²) in [6, 6.07) is 8.84. The second-order valence-electron chi connectivity index (χ2n) is 12.5. The summed E-state index contributed by atoms with van der Waals surface area (Å²) in [6.07, 6.45) is -8.21. The minimum atomic E-state index is -5.16. The van der Waals surface area contributed by atoms with Gasteiger partial charge in [-0.3, -0.25) is 29.9 Å². The number of allylic oxidation sites excluding steroid dienone is 2. The number of pyridine rings is 1. The predicted molar refractivity (Wildman–Crippen MR) is 165 cm³/mol. The molecule has 4 aliphatic rings. The van der Waals surface area contributed by atoms with Crippen molar-refractivity contribution in [1.82, 2.24) is 15.3 Å². The van der Waals surface area contributed by atoms with Crippen molar-refractivity contribution in [3.63, 3.8) is 0 Å². The van der Waals surface area contributed by atoms with E-state index in [9.17, 15) is 45.8 Å². The highest BCUT2D eigenvalue weighted by atomic mass is 35.5. The summed E-state index contributed by atoms with van der Waals surface area (Å²) in [5, 5.41) is 13.7. The average Bonchev–Trinajstić information content (AvgIpc) is 3.46. The molecule has 0 bridgehead atoms. The molecule has 1 saturated carbocycles. The van der Waals surface area contributed by atoms with Gasteiger partial charge in [-0.05, 0) is 60.7 Å². The van der Waals surface area contributed by atoms with Crippen LogP contribution in [0, 0.1) is 23.7 Å². The molecule has 3 aromatic rings. The Hall–Kier alpha value is -4.83. The Morgan fingerprint density at radius 1 is 0.961 bits per heavy atom. The summed E-state index contributed by atoms with van der Waals surface area (Å²) in [7, 11) is 0. The van der Waals surface area contributed by atoms with Gasteiger partial charge in [0, 0.05) is 22.7 Å². The van der Waals surface area contributed by atoms with Gasteiger partial charge in [0.2, 0.25) is 11.8 Å². The van der Waals surface area contributed by atoms with Crippen molar-refractivity contribution in [2.75, 3.05) is 5.43 Å². The normalized spacial score (nSPS) is 27.4. The lowest BCUT2D eigenvalue weighted by Gasteiger charge is -2.50. The lowest BCUT2D eigenvalue weighted by atomic mass is 9.49. The molecule has 10 nitrogen and oxygen atoms in total. The average molecular weight is 755 g/mol. The molecule has 3 fully saturated rings. The highest BCUT2D eigenvalue weighted by Gasteiger charge is 2.70. The summed E-state index contributed by atoms with van der Waals surface area (Å²) in [5.74, 6) is -10.8. The molecule has 2 saturated heterocycles. The third kappa shape index (κ3) is 5.55. The number of hydrazine groups is 1. The number of phenolic OH excluding ortho intramolecular Hbond substituents is 1. The topological polar surface area (TPSA) is 138 Å². The summed E-state index contributed by atoms with van der Waals surface area (Å²) in [4.78, 5) is 59.2. The second-order valence-corrected chi connectivity index (χ2v) is 13.4. The quantitative estimate of drug-likeness (QED) is 0.157. The molecule has 6 atom stereocenters.